The first-order chi connectivity index (χ1) is 15.5. The van der Waals surface area contributed by atoms with Crippen molar-refractivity contribution in [3.05, 3.63) is 77.5 Å². The Labute approximate surface area is 194 Å². The molecule has 1 heterocycles. The second-order valence-corrected chi connectivity index (χ2v) is 9.34. The van der Waals surface area contributed by atoms with E-state index in [1.54, 1.807) is 0 Å². The molecular weight excluding hydrogens is 447 g/mol. The molecule has 8 heteroatoms. The molecule has 1 aromatic heterocycles. The average Bonchev–Trinajstić information content (AvgIpc) is 2.76. The van der Waals surface area contributed by atoms with Crippen LogP contribution in [0.3, 0.4) is 0 Å². The summed E-state index contributed by atoms with van der Waals surface area (Å²) in [6.45, 7) is 6.01. The number of alkyl halides is 3. The summed E-state index contributed by atoms with van der Waals surface area (Å²) in [6, 6.07) is 18.0. The summed E-state index contributed by atoms with van der Waals surface area (Å²) in [4.78, 5) is 17.1. The van der Waals surface area contributed by atoms with E-state index in [0.717, 1.165) is 40.7 Å². The van der Waals surface area contributed by atoms with Gasteiger partial charge in [-0.2, -0.15) is 18.4 Å². The molecule has 0 aliphatic rings. The normalized spacial score (nSPS) is 11.7. The van der Waals surface area contributed by atoms with Crippen molar-refractivity contribution in [3.63, 3.8) is 0 Å². The molecule has 0 spiro atoms. The third-order valence-electron chi connectivity index (χ3n) is 4.76. The van der Waals surface area contributed by atoms with Crippen LogP contribution in [-0.2, 0) is 16.4 Å². The van der Waals surface area contributed by atoms with Crippen LogP contribution in [0, 0.1) is 11.3 Å². The first-order valence-corrected chi connectivity index (χ1v) is 11.1. The summed E-state index contributed by atoms with van der Waals surface area (Å²) in [7, 11) is 0. The maximum Gasteiger partial charge on any atom is 0.416 e. The van der Waals surface area contributed by atoms with E-state index in [-0.39, 0.29) is 16.9 Å². The Balaban J connectivity index is 1.87. The third-order valence-corrected chi connectivity index (χ3v) is 5.74. The van der Waals surface area contributed by atoms with E-state index in [0.29, 0.717) is 10.6 Å². The number of rotatable bonds is 5. The second-order valence-electron chi connectivity index (χ2n) is 8.38. The minimum atomic E-state index is -4.50. The minimum absolute atomic E-state index is 0.0531. The molecular formula is C25H22F3N3OS. The summed E-state index contributed by atoms with van der Waals surface area (Å²) in [6.07, 6.45) is -4.50. The largest absolute Gasteiger partial charge is 0.416 e. The van der Waals surface area contributed by atoms with Gasteiger partial charge in [-0.3, -0.25) is 4.79 Å². The number of thioether (sulfide) groups is 1. The van der Waals surface area contributed by atoms with E-state index in [9.17, 15) is 23.2 Å². The van der Waals surface area contributed by atoms with E-state index in [1.807, 2.05) is 57.2 Å². The maximum atomic E-state index is 12.9. The van der Waals surface area contributed by atoms with Crippen LogP contribution < -0.4 is 5.32 Å². The number of hydrogen-bond donors (Lipinski definition) is 1. The molecule has 0 bridgehead atoms. The SMILES string of the molecule is CC(C)(C)c1cc(-c2ccccc2)c(C#N)c(SCC(=O)Nc2cccc(C(F)(F)F)c2)n1. The Kier molecular flexibility index (Phi) is 7.13. The van der Waals surface area contributed by atoms with E-state index in [2.05, 4.69) is 16.4 Å². The molecule has 0 radical (unpaired) electrons. The van der Waals surface area contributed by atoms with Crippen molar-refractivity contribution in [1.29, 1.82) is 5.26 Å². The Morgan fingerprint density at radius 2 is 1.76 bits per heavy atom. The Morgan fingerprint density at radius 3 is 2.36 bits per heavy atom. The molecule has 0 saturated carbocycles. The molecule has 4 nitrogen and oxygen atoms in total. The molecule has 1 N–H and O–H groups in total. The number of nitrogens with zero attached hydrogens (tertiary/aromatic N) is 2. The van der Waals surface area contributed by atoms with Gasteiger partial charge in [0.2, 0.25) is 5.91 Å². The van der Waals surface area contributed by atoms with Crippen molar-refractivity contribution in [3.8, 4) is 17.2 Å². The van der Waals surface area contributed by atoms with Gasteiger partial charge in [0.15, 0.2) is 0 Å². The van der Waals surface area contributed by atoms with Gasteiger partial charge >= 0.3 is 6.18 Å². The molecule has 3 aromatic rings. The van der Waals surface area contributed by atoms with Crippen LogP contribution >= 0.6 is 11.8 Å². The van der Waals surface area contributed by atoms with Gasteiger partial charge in [0, 0.05) is 22.4 Å². The second kappa shape index (κ2) is 9.67. The number of amides is 1. The molecule has 0 saturated heterocycles. The lowest BCUT2D eigenvalue weighted by atomic mass is 9.89. The topological polar surface area (TPSA) is 65.8 Å². The van der Waals surface area contributed by atoms with Gasteiger partial charge in [0.05, 0.1) is 16.9 Å². The van der Waals surface area contributed by atoms with Gasteiger partial charge in [-0.15, -0.1) is 0 Å². The Morgan fingerprint density at radius 1 is 1.06 bits per heavy atom. The zero-order valence-electron chi connectivity index (χ0n) is 18.3. The fraction of sp³-hybridized carbons (Fsp3) is 0.240. The molecule has 0 atom stereocenters. The number of anilines is 1. The van der Waals surface area contributed by atoms with Crippen LogP contribution in [0.2, 0.25) is 0 Å². The van der Waals surface area contributed by atoms with Gasteiger partial charge in [-0.1, -0.05) is 68.9 Å². The molecule has 0 aliphatic carbocycles. The maximum absolute atomic E-state index is 12.9. The fourth-order valence-corrected chi connectivity index (χ4v) is 3.87. The van der Waals surface area contributed by atoms with Crippen LogP contribution in [0.15, 0.2) is 65.7 Å². The van der Waals surface area contributed by atoms with Crippen molar-refractivity contribution < 1.29 is 18.0 Å². The first-order valence-electron chi connectivity index (χ1n) is 10.1. The van der Waals surface area contributed by atoms with Crippen LogP contribution in [-0.4, -0.2) is 16.6 Å². The van der Waals surface area contributed by atoms with E-state index in [1.165, 1.54) is 12.1 Å². The summed E-state index contributed by atoms with van der Waals surface area (Å²) >= 11 is 1.08. The standard InChI is InChI=1S/C25H22F3N3OS/c1-24(2,3)21-13-19(16-8-5-4-6-9-16)20(14-29)23(31-21)33-15-22(32)30-18-11-7-10-17(12-18)25(26,27)28/h4-13H,15H2,1-3H3,(H,30,32). The van der Waals surface area contributed by atoms with Crippen LogP contribution in [0.1, 0.15) is 37.6 Å². The number of halogens is 3. The molecule has 0 aliphatic heterocycles. The fourth-order valence-electron chi connectivity index (χ4n) is 3.07. The highest BCUT2D eigenvalue weighted by Gasteiger charge is 2.30. The number of nitriles is 1. The highest BCUT2D eigenvalue weighted by molar-refractivity contribution is 8.00. The molecule has 2 aromatic carbocycles. The smallest absolute Gasteiger partial charge is 0.325 e. The Hall–Kier alpha value is -3.31. The zero-order valence-corrected chi connectivity index (χ0v) is 19.1. The molecule has 1 amide bonds. The zero-order chi connectivity index (χ0) is 24.2. The lowest BCUT2D eigenvalue weighted by molar-refractivity contribution is -0.137. The number of carbonyl (C=O) groups excluding carboxylic acids is 1. The highest BCUT2D eigenvalue weighted by atomic mass is 32.2. The summed E-state index contributed by atoms with van der Waals surface area (Å²) in [5.41, 5.74) is 1.61. The van der Waals surface area contributed by atoms with Crippen molar-refractivity contribution in [2.75, 3.05) is 11.1 Å². The summed E-state index contributed by atoms with van der Waals surface area (Å²) < 4.78 is 38.7. The first kappa shape index (κ1) is 24.3. The number of aromatic nitrogens is 1. The van der Waals surface area contributed by atoms with Crippen molar-refractivity contribution in [1.82, 2.24) is 4.98 Å². The van der Waals surface area contributed by atoms with E-state index in [4.69, 9.17) is 0 Å². The molecule has 3 rings (SSSR count). The van der Waals surface area contributed by atoms with Crippen molar-refractivity contribution >= 4 is 23.4 Å². The van der Waals surface area contributed by atoms with Crippen molar-refractivity contribution in [2.45, 2.75) is 37.4 Å². The van der Waals surface area contributed by atoms with Crippen LogP contribution in [0.4, 0.5) is 18.9 Å². The average molecular weight is 470 g/mol. The predicted octanol–water partition coefficient (Wildman–Crippen LogP) is 6.67. The summed E-state index contributed by atoms with van der Waals surface area (Å²) in [5.74, 6) is -0.604. The number of benzene rings is 2. The lowest BCUT2D eigenvalue weighted by Gasteiger charge is -2.21. The van der Waals surface area contributed by atoms with Gasteiger partial charge in [0.25, 0.3) is 0 Å². The van der Waals surface area contributed by atoms with Gasteiger partial charge in [-0.05, 0) is 29.8 Å². The van der Waals surface area contributed by atoms with Gasteiger partial charge < -0.3 is 5.32 Å². The predicted molar refractivity (Wildman–Crippen MR) is 124 cm³/mol. The molecule has 33 heavy (non-hydrogen) atoms. The Bertz CT molecular complexity index is 1200. The monoisotopic (exact) mass is 469 g/mol. The lowest BCUT2D eigenvalue weighted by Crippen LogP contribution is -2.17. The van der Waals surface area contributed by atoms with Gasteiger partial charge in [0.1, 0.15) is 11.1 Å². The molecule has 170 valence electrons. The minimum Gasteiger partial charge on any atom is -0.325 e. The number of carbonyl (C=O) groups is 1. The highest BCUT2D eigenvalue weighted by Crippen LogP contribution is 2.35. The number of hydrogen-bond acceptors (Lipinski definition) is 4. The number of pyridine rings is 1. The summed E-state index contributed by atoms with van der Waals surface area (Å²) in [5, 5.41) is 12.7. The van der Waals surface area contributed by atoms with E-state index < -0.39 is 17.6 Å². The van der Waals surface area contributed by atoms with Crippen molar-refractivity contribution in [2.24, 2.45) is 0 Å². The molecule has 0 unspecified atom stereocenters. The third kappa shape index (κ3) is 6.14. The van der Waals surface area contributed by atoms with E-state index >= 15 is 0 Å². The van der Waals surface area contributed by atoms with Crippen LogP contribution in [0.25, 0.3) is 11.1 Å². The van der Waals surface area contributed by atoms with Gasteiger partial charge in [-0.25, -0.2) is 4.98 Å². The van der Waals surface area contributed by atoms with Crippen LogP contribution in [0.5, 0.6) is 0 Å². The number of nitrogens with one attached hydrogen (secondary N) is 1. The molecule has 0 fully saturated rings. The quantitative estimate of drug-likeness (QED) is 0.424.